The molecule has 2 unspecified atom stereocenters. The molecule has 2 rings (SSSR count). The summed E-state index contributed by atoms with van der Waals surface area (Å²) < 4.78 is 30.1. The SMILES string of the molecule is NC1CCOCC1S(=O)(=O)C1CCCCC1. The van der Waals surface area contributed by atoms with E-state index in [1.165, 1.54) is 6.42 Å². The first-order valence-electron chi connectivity index (χ1n) is 6.18. The van der Waals surface area contributed by atoms with Crippen molar-refractivity contribution < 1.29 is 13.2 Å². The number of ether oxygens (including phenoxy) is 1. The van der Waals surface area contributed by atoms with Crippen LogP contribution in [0.1, 0.15) is 38.5 Å². The van der Waals surface area contributed by atoms with Crippen LogP contribution in [0.4, 0.5) is 0 Å². The lowest BCUT2D eigenvalue weighted by molar-refractivity contribution is 0.0887. The Labute approximate surface area is 97.5 Å². The summed E-state index contributed by atoms with van der Waals surface area (Å²) in [7, 11) is -3.08. The minimum atomic E-state index is -3.08. The Morgan fingerprint density at radius 2 is 1.75 bits per heavy atom. The Morgan fingerprint density at radius 3 is 2.38 bits per heavy atom. The molecular formula is C11H21NO3S. The van der Waals surface area contributed by atoms with Gasteiger partial charge in [0.15, 0.2) is 9.84 Å². The monoisotopic (exact) mass is 247 g/mol. The Kier molecular flexibility index (Phi) is 3.87. The van der Waals surface area contributed by atoms with Gasteiger partial charge in [0.2, 0.25) is 0 Å². The molecule has 0 aromatic carbocycles. The van der Waals surface area contributed by atoms with Crippen molar-refractivity contribution in [2.75, 3.05) is 13.2 Å². The van der Waals surface area contributed by atoms with E-state index in [9.17, 15) is 8.42 Å². The molecule has 1 aliphatic heterocycles. The smallest absolute Gasteiger partial charge is 0.159 e. The molecule has 0 amide bonds. The first-order valence-corrected chi connectivity index (χ1v) is 7.79. The highest BCUT2D eigenvalue weighted by Gasteiger charge is 2.39. The Balaban J connectivity index is 2.10. The van der Waals surface area contributed by atoms with E-state index in [1.807, 2.05) is 0 Å². The van der Waals surface area contributed by atoms with Crippen molar-refractivity contribution >= 4 is 9.84 Å². The van der Waals surface area contributed by atoms with E-state index in [1.54, 1.807) is 0 Å². The second-order valence-corrected chi connectivity index (χ2v) is 7.37. The van der Waals surface area contributed by atoms with Gasteiger partial charge in [-0.1, -0.05) is 19.3 Å². The van der Waals surface area contributed by atoms with Gasteiger partial charge in [0.1, 0.15) is 5.25 Å². The number of nitrogens with two attached hydrogens (primary N) is 1. The predicted octanol–water partition coefficient (Wildman–Crippen LogP) is 0.850. The quantitative estimate of drug-likeness (QED) is 0.785. The molecule has 94 valence electrons. The van der Waals surface area contributed by atoms with Crippen LogP contribution in [0, 0.1) is 0 Å². The molecule has 16 heavy (non-hydrogen) atoms. The molecule has 0 aromatic rings. The first-order chi connectivity index (χ1) is 7.62. The van der Waals surface area contributed by atoms with Crippen LogP contribution in [0.2, 0.25) is 0 Å². The maximum Gasteiger partial charge on any atom is 0.159 e. The first kappa shape index (κ1) is 12.3. The zero-order chi connectivity index (χ0) is 11.6. The van der Waals surface area contributed by atoms with Crippen LogP contribution in [0.3, 0.4) is 0 Å². The van der Waals surface area contributed by atoms with E-state index in [-0.39, 0.29) is 11.3 Å². The molecule has 1 heterocycles. The van der Waals surface area contributed by atoms with E-state index in [0.717, 1.165) is 25.7 Å². The fourth-order valence-corrected chi connectivity index (χ4v) is 5.10. The third-order valence-electron chi connectivity index (χ3n) is 3.79. The molecule has 0 aromatic heterocycles. The average molecular weight is 247 g/mol. The number of hydrogen-bond donors (Lipinski definition) is 1. The molecule has 0 bridgehead atoms. The van der Waals surface area contributed by atoms with Crippen LogP contribution >= 0.6 is 0 Å². The summed E-state index contributed by atoms with van der Waals surface area (Å²) in [6.45, 7) is 0.887. The predicted molar refractivity (Wildman–Crippen MR) is 63.0 cm³/mol. The molecule has 2 N–H and O–H groups in total. The third-order valence-corrected chi connectivity index (χ3v) is 6.52. The second kappa shape index (κ2) is 5.02. The minimum Gasteiger partial charge on any atom is -0.380 e. The van der Waals surface area contributed by atoms with Crippen LogP contribution in [0.25, 0.3) is 0 Å². The van der Waals surface area contributed by atoms with Crippen LogP contribution < -0.4 is 5.73 Å². The molecule has 4 nitrogen and oxygen atoms in total. The standard InChI is InChI=1S/C11H21NO3S/c12-10-6-7-15-8-11(10)16(13,14)9-4-2-1-3-5-9/h9-11H,1-8,12H2. The Hall–Kier alpha value is -0.130. The van der Waals surface area contributed by atoms with Crippen molar-refractivity contribution in [3.05, 3.63) is 0 Å². The lowest BCUT2D eigenvalue weighted by atomic mass is 10.0. The number of rotatable bonds is 2. The summed E-state index contributed by atoms with van der Waals surface area (Å²) in [4.78, 5) is 0. The van der Waals surface area contributed by atoms with Crippen molar-refractivity contribution in [2.45, 2.75) is 55.1 Å². The Morgan fingerprint density at radius 1 is 1.06 bits per heavy atom. The van der Waals surface area contributed by atoms with Gasteiger partial charge in [0, 0.05) is 12.6 Å². The molecule has 2 fully saturated rings. The molecule has 1 saturated carbocycles. The second-order valence-electron chi connectivity index (χ2n) is 4.91. The maximum atomic E-state index is 12.4. The van der Waals surface area contributed by atoms with E-state index >= 15 is 0 Å². The van der Waals surface area contributed by atoms with Crippen molar-refractivity contribution in [3.63, 3.8) is 0 Å². The summed E-state index contributed by atoms with van der Waals surface area (Å²) in [5.41, 5.74) is 5.91. The summed E-state index contributed by atoms with van der Waals surface area (Å²) in [5, 5.41) is -0.636. The summed E-state index contributed by atoms with van der Waals surface area (Å²) >= 11 is 0. The highest BCUT2D eigenvalue weighted by Crippen LogP contribution is 2.28. The van der Waals surface area contributed by atoms with Gasteiger partial charge in [-0.25, -0.2) is 8.42 Å². The summed E-state index contributed by atoms with van der Waals surface area (Å²) in [6.07, 6.45) is 5.52. The molecule has 2 atom stereocenters. The molecule has 5 heteroatoms. The zero-order valence-corrected chi connectivity index (χ0v) is 10.4. The van der Waals surface area contributed by atoms with Gasteiger partial charge in [0.05, 0.1) is 11.9 Å². The van der Waals surface area contributed by atoms with Crippen LogP contribution in [-0.4, -0.2) is 38.2 Å². The molecular weight excluding hydrogens is 226 g/mol. The lowest BCUT2D eigenvalue weighted by Gasteiger charge is -2.32. The van der Waals surface area contributed by atoms with E-state index in [4.69, 9.17) is 10.5 Å². The van der Waals surface area contributed by atoms with Gasteiger partial charge in [0.25, 0.3) is 0 Å². The summed E-state index contributed by atoms with van der Waals surface area (Å²) in [6, 6.07) is -0.235. The lowest BCUT2D eigenvalue weighted by Crippen LogP contribution is -2.50. The van der Waals surface area contributed by atoms with Crippen molar-refractivity contribution in [1.29, 1.82) is 0 Å². The van der Waals surface area contributed by atoms with E-state index < -0.39 is 15.1 Å². The highest BCUT2D eigenvalue weighted by molar-refractivity contribution is 7.92. The zero-order valence-electron chi connectivity index (χ0n) is 9.60. The van der Waals surface area contributed by atoms with Crippen molar-refractivity contribution in [3.8, 4) is 0 Å². The van der Waals surface area contributed by atoms with Crippen LogP contribution in [0.15, 0.2) is 0 Å². The van der Waals surface area contributed by atoms with Gasteiger partial charge in [-0.15, -0.1) is 0 Å². The highest BCUT2D eigenvalue weighted by atomic mass is 32.2. The Bertz CT molecular complexity index is 322. The summed E-state index contributed by atoms with van der Waals surface area (Å²) in [5.74, 6) is 0. The molecule has 0 spiro atoms. The van der Waals surface area contributed by atoms with E-state index in [2.05, 4.69) is 0 Å². The molecule has 0 radical (unpaired) electrons. The van der Waals surface area contributed by atoms with Gasteiger partial charge in [-0.3, -0.25) is 0 Å². The minimum absolute atomic E-state index is 0.168. The molecule has 1 aliphatic carbocycles. The third kappa shape index (κ3) is 2.41. The fraction of sp³-hybridized carbons (Fsp3) is 1.00. The van der Waals surface area contributed by atoms with Crippen LogP contribution in [-0.2, 0) is 14.6 Å². The van der Waals surface area contributed by atoms with Gasteiger partial charge in [-0.05, 0) is 19.3 Å². The topological polar surface area (TPSA) is 69.4 Å². The normalized spacial score (nSPS) is 33.8. The maximum absolute atomic E-state index is 12.4. The van der Waals surface area contributed by atoms with Crippen molar-refractivity contribution in [1.82, 2.24) is 0 Å². The van der Waals surface area contributed by atoms with Crippen LogP contribution in [0.5, 0.6) is 0 Å². The largest absolute Gasteiger partial charge is 0.380 e. The number of sulfone groups is 1. The van der Waals surface area contributed by atoms with Gasteiger partial charge >= 0.3 is 0 Å². The van der Waals surface area contributed by atoms with Crippen molar-refractivity contribution in [2.24, 2.45) is 5.73 Å². The van der Waals surface area contributed by atoms with Gasteiger partial charge < -0.3 is 10.5 Å². The van der Waals surface area contributed by atoms with E-state index in [0.29, 0.717) is 19.6 Å². The van der Waals surface area contributed by atoms with Gasteiger partial charge in [-0.2, -0.15) is 0 Å². The molecule has 2 aliphatic rings. The number of hydrogen-bond acceptors (Lipinski definition) is 4. The average Bonchev–Trinajstić information content (AvgIpc) is 2.30. The molecule has 1 saturated heterocycles. The fourth-order valence-electron chi connectivity index (χ4n) is 2.71.